The molecule has 1 fully saturated rings. The Morgan fingerprint density at radius 2 is 2.27 bits per heavy atom. The molecule has 5 nitrogen and oxygen atoms in total. The first-order chi connectivity index (χ1) is 7.42. The minimum Gasteiger partial charge on any atom is -0.372 e. The Kier molecular flexibility index (Phi) is 3.69. The third-order valence-corrected chi connectivity index (χ3v) is 2.86. The fourth-order valence-electron chi connectivity index (χ4n) is 2.10. The molecule has 1 aromatic heterocycles. The van der Waals surface area contributed by atoms with Gasteiger partial charge in [-0.25, -0.2) is 0 Å². The molecule has 1 aliphatic carbocycles. The number of ether oxygens (including phenoxy) is 1. The molecule has 1 aliphatic rings. The maximum absolute atomic E-state index is 5.38. The van der Waals surface area contributed by atoms with Crippen LogP contribution in [0.3, 0.4) is 0 Å². The van der Waals surface area contributed by atoms with Crippen molar-refractivity contribution in [2.45, 2.75) is 38.3 Å². The molecule has 0 unspecified atom stereocenters. The molecule has 0 radical (unpaired) electrons. The minimum atomic E-state index is 0.522. The van der Waals surface area contributed by atoms with Crippen LogP contribution in [0, 0.1) is 0 Å². The van der Waals surface area contributed by atoms with Gasteiger partial charge in [-0.1, -0.05) is 12.8 Å². The van der Waals surface area contributed by atoms with Gasteiger partial charge in [-0.3, -0.25) is 0 Å². The molecular weight excluding hydrogens is 192 g/mol. The first kappa shape index (κ1) is 10.6. The lowest BCUT2D eigenvalue weighted by molar-refractivity contribution is 0.118. The summed E-state index contributed by atoms with van der Waals surface area (Å²) >= 11 is 0. The predicted octanol–water partition coefficient (Wildman–Crippen LogP) is 0.868. The molecule has 5 heteroatoms. The summed E-state index contributed by atoms with van der Waals surface area (Å²) in [5.74, 6) is 0.926. The Balaban J connectivity index is 1.95. The van der Waals surface area contributed by atoms with Gasteiger partial charge < -0.3 is 15.0 Å². The molecule has 0 amide bonds. The van der Waals surface area contributed by atoms with Crippen molar-refractivity contribution in [3.05, 3.63) is 12.2 Å². The topological polar surface area (TPSA) is 66.0 Å². The zero-order valence-electron chi connectivity index (χ0n) is 8.93. The summed E-state index contributed by atoms with van der Waals surface area (Å²) in [4.78, 5) is 0. The monoisotopic (exact) mass is 210 g/mol. The number of hydrogen-bond donors (Lipinski definition) is 1. The van der Waals surface area contributed by atoms with Gasteiger partial charge in [0.05, 0.1) is 6.61 Å². The molecule has 1 saturated carbocycles. The first-order valence-corrected chi connectivity index (χ1v) is 5.58. The molecule has 1 aromatic rings. The second-order valence-corrected chi connectivity index (χ2v) is 3.93. The van der Waals surface area contributed by atoms with Crippen molar-refractivity contribution >= 4 is 0 Å². The molecule has 1 heterocycles. The van der Waals surface area contributed by atoms with E-state index in [0.29, 0.717) is 25.8 Å². The van der Waals surface area contributed by atoms with Crippen LogP contribution in [0.2, 0.25) is 0 Å². The van der Waals surface area contributed by atoms with Crippen LogP contribution < -0.4 is 5.73 Å². The van der Waals surface area contributed by atoms with E-state index in [4.69, 9.17) is 10.5 Å². The highest BCUT2D eigenvalue weighted by Crippen LogP contribution is 2.29. The molecule has 0 saturated heterocycles. The second kappa shape index (κ2) is 5.23. The van der Waals surface area contributed by atoms with E-state index in [1.807, 2.05) is 6.33 Å². The summed E-state index contributed by atoms with van der Waals surface area (Å²) in [5.41, 5.74) is 5.36. The zero-order valence-corrected chi connectivity index (χ0v) is 8.93. The van der Waals surface area contributed by atoms with E-state index in [2.05, 4.69) is 14.8 Å². The second-order valence-electron chi connectivity index (χ2n) is 3.93. The van der Waals surface area contributed by atoms with Crippen molar-refractivity contribution in [1.82, 2.24) is 14.8 Å². The Morgan fingerprint density at radius 1 is 1.47 bits per heavy atom. The maximum atomic E-state index is 5.38. The molecule has 0 bridgehead atoms. The van der Waals surface area contributed by atoms with Crippen LogP contribution >= 0.6 is 0 Å². The molecule has 15 heavy (non-hydrogen) atoms. The first-order valence-electron chi connectivity index (χ1n) is 5.58. The van der Waals surface area contributed by atoms with Gasteiger partial charge >= 0.3 is 0 Å². The Morgan fingerprint density at radius 3 is 3.00 bits per heavy atom. The van der Waals surface area contributed by atoms with Crippen LogP contribution in [0.25, 0.3) is 0 Å². The van der Waals surface area contributed by atoms with Crippen molar-refractivity contribution < 1.29 is 4.74 Å². The van der Waals surface area contributed by atoms with Crippen LogP contribution in [0.5, 0.6) is 0 Å². The standard InChI is InChI=1S/C10H18N4O/c11-5-6-15-7-10-13-12-8-14(10)9-3-1-2-4-9/h8-9H,1-7,11H2. The fourth-order valence-corrected chi connectivity index (χ4v) is 2.10. The summed E-state index contributed by atoms with van der Waals surface area (Å²) in [6, 6.07) is 0.580. The van der Waals surface area contributed by atoms with Crippen LogP contribution in [0.4, 0.5) is 0 Å². The summed E-state index contributed by atoms with van der Waals surface area (Å²) in [6.07, 6.45) is 6.92. The third-order valence-electron chi connectivity index (χ3n) is 2.86. The highest BCUT2D eigenvalue weighted by Gasteiger charge is 2.19. The van der Waals surface area contributed by atoms with Gasteiger partial charge in [-0.15, -0.1) is 10.2 Å². The minimum absolute atomic E-state index is 0.522. The average Bonchev–Trinajstić information content (AvgIpc) is 2.87. The zero-order chi connectivity index (χ0) is 10.5. The van der Waals surface area contributed by atoms with E-state index in [-0.39, 0.29) is 0 Å². The molecule has 0 spiro atoms. The number of hydrogen-bond acceptors (Lipinski definition) is 4. The third kappa shape index (κ3) is 2.54. The van der Waals surface area contributed by atoms with Gasteiger partial charge in [0.25, 0.3) is 0 Å². The van der Waals surface area contributed by atoms with E-state index in [0.717, 1.165) is 5.82 Å². The molecule has 2 rings (SSSR count). The quantitative estimate of drug-likeness (QED) is 0.732. The van der Waals surface area contributed by atoms with E-state index in [1.165, 1.54) is 25.7 Å². The number of aromatic nitrogens is 3. The van der Waals surface area contributed by atoms with E-state index in [9.17, 15) is 0 Å². The van der Waals surface area contributed by atoms with E-state index >= 15 is 0 Å². The highest BCUT2D eigenvalue weighted by atomic mass is 16.5. The fraction of sp³-hybridized carbons (Fsp3) is 0.800. The molecule has 84 valence electrons. The maximum Gasteiger partial charge on any atom is 0.159 e. The molecule has 0 atom stereocenters. The Labute approximate surface area is 89.6 Å². The smallest absolute Gasteiger partial charge is 0.159 e. The van der Waals surface area contributed by atoms with Crippen molar-refractivity contribution in [3.8, 4) is 0 Å². The largest absolute Gasteiger partial charge is 0.372 e. The van der Waals surface area contributed by atoms with Crippen LogP contribution in [0.15, 0.2) is 6.33 Å². The lowest BCUT2D eigenvalue weighted by atomic mass is 10.2. The SMILES string of the molecule is NCCOCc1nncn1C1CCCC1. The van der Waals surface area contributed by atoms with Crippen molar-refractivity contribution in [3.63, 3.8) is 0 Å². The van der Waals surface area contributed by atoms with Gasteiger partial charge in [0.1, 0.15) is 12.9 Å². The van der Waals surface area contributed by atoms with Gasteiger partial charge in [-0.05, 0) is 12.8 Å². The van der Waals surface area contributed by atoms with Crippen molar-refractivity contribution in [2.75, 3.05) is 13.2 Å². The Bertz CT molecular complexity index is 293. The van der Waals surface area contributed by atoms with E-state index in [1.54, 1.807) is 0 Å². The lowest BCUT2D eigenvalue weighted by Crippen LogP contribution is -2.13. The van der Waals surface area contributed by atoms with Crippen molar-refractivity contribution in [1.29, 1.82) is 0 Å². The lowest BCUT2D eigenvalue weighted by Gasteiger charge is -2.13. The van der Waals surface area contributed by atoms with Gasteiger partial charge in [0.2, 0.25) is 0 Å². The van der Waals surface area contributed by atoms with Crippen LogP contribution in [0.1, 0.15) is 37.5 Å². The van der Waals surface area contributed by atoms with Crippen LogP contribution in [-0.4, -0.2) is 27.9 Å². The van der Waals surface area contributed by atoms with Crippen molar-refractivity contribution in [2.24, 2.45) is 5.73 Å². The van der Waals surface area contributed by atoms with Gasteiger partial charge in [-0.2, -0.15) is 0 Å². The molecule has 0 aliphatic heterocycles. The molecule has 2 N–H and O–H groups in total. The van der Waals surface area contributed by atoms with E-state index < -0.39 is 0 Å². The summed E-state index contributed by atoms with van der Waals surface area (Å²) < 4.78 is 7.54. The average molecular weight is 210 g/mol. The number of nitrogens with zero attached hydrogens (tertiary/aromatic N) is 3. The summed E-state index contributed by atoms with van der Waals surface area (Å²) in [6.45, 7) is 1.66. The summed E-state index contributed by atoms with van der Waals surface area (Å²) in [5, 5.41) is 8.03. The molecule has 0 aromatic carbocycles. The summed E-state index contributed by atoms with van der Waals surface area (Å²) in [7, 11) is 0. The highest BCUT2D eigenvalue weighted by molar-refractivity contribution is 4.89. The normalized spacial score (nSPS) is 17.4. The predicted molar refractivity (Wildman–Crippen MR) is 56.2 cm³/mol. The Hall–Kier alpha value is -0.940. The van der Waals surface area contributed by atoms with Gasteiger partial charge in [0.15, 0.2) is 5.82 Å². The van der Waals surface area contributed by atoms with Crippen LogP contribution in [-0.2, 0) is 11.3 Å². The molecular formula is C10H18N4O. The number of rotatable bonds is 5. The van der Waals surface area contributed by atoms with Gasteiger partial charge in [0, 0.05) is 12.6 Å². The number of nitrogens with two attached hydrogens (primary N) is 1.